The minimum atomic E-state index is -0.249. The summed E-state index contributed by atoms with van der Waals surface area (Å²) in [5.41, 5.74) is 4.70. The molecule has 0 aromatic heterocycles. The van der Waals surface area contributed by atoms with E-state index in [2.05, 4.69) is 4.90 Å². The third-order valence-corrected chi connectivity index (χ3v) is 3.26. The van der Waals surface area contributed by atoms with Crippen LogP contribution < -0.4 is 0 Å². The lowest BCUT2D eigenvalue weighted by atomic mass is 10.1. The van der Waals surface area contributed by atoms with Crippen LogP contribution >= 0.6 is 0 Å². The molecular formula is C13H9NO2. The normalized spacial score (nSPS) is 24.9. The van der Waals surface area contributed by atoms with Gasteiger partial charge in [-0.1, -0.05) is 6.08 Å². The van der Waals surface area contributed by atoms with Crippen molar-refractivity contribution in [3.8, 4) is 0 Å². The first kappa shape index (κ1) is 8.16. The number of hydrogen-bond acceptors (Lipinski definition) is 3. The fourth-order valence-electron chi connectivity index (χ4n) is 2.41. The zero-order valence-corrected chi connectivity index (χ0v) is 8.56. The van der Waals surface area contributed by atoms with Gasteiger partial charge in [-0.15, -0.1) is 0 Å². The molecule has 0 atom stereocenters. The summed E-state index contributed by atoms with van der Waals surface area (Å²) < 4.78 is 5.30. The monoisotopic (exact) mass is 211 g/mol. The van der Waals surface area contributed by atoms with Crippen molar-refractivity contribution in [2.24, 2.45) is 0 Å². The van der Waals surface area contributed by atoms with Gasteiger partial charge < -0.3 is 9.64 Å². The summed E-state index contributed by atoms with van der Waals surface area (Å²) in [6, 6.07) is 0. The molecule has 4 rings (SSSR count). The Labute approximate surface area is 92.7 Å². The van der Waals surface area contributed by atoms with E-state index in [9.17, 15) is 4.79 Å². The predicted octanol–water partition coefficient (Wildman–Crippen LogP) is 1.78. The first-order valence-corrected chi connectivity index (χ1v) is 5.34. The van der Waals surface area contributed by atoms with Gasteiger partial charge in [-0.2, -0.15) is 0 Å². The van der Waals surface area contributed by atoms with Gasteiger partial charge in [0.25, 0.3) is 0 Å². The number of esters is 1. The van der Waals surface area contributed by atoms with E-state index in [0.29, 0.717) is 0 Å². The van der Waals surface area contributed by atoms with Crippen molar-refractivity contribution in [1.82, 2.24) is 4.90 Å². The predicted molar refractivity (Wildman–Crippen MR) is 57.8 cm³/mol. The highest BCUT2D eigenvalue weighted by Gasteiger charge is 2.38. The van der Waals surface area contributed by atoms with Crippen LogP contribution in [0.25, 0.3) is 0 Å². The highest BCUT2D eigenvalue weighted by atomic mass is 16.5. The SMILES string of the molecule is O=C1C=C2C3=C(C3)CN3C=CC=CC3=C2O1. The minimum Gasteiger partial charge on any atom is -0.420 e. The third kappa shape index (κ3) is 0.949. The van der Waals surface area contributed by atoms with Crippen molar-refractivity contribution in [1.29, 1.82) is 0 Å². The smallest absolute Gasteiger partial charge is 0.337 e. The van der Waals surface area contributed by atoms with E-state index in [4.69, 9.17) is 4.74 Å². The fraction of sp³-hybridized carbons (Fsp3) is 0.154. The van der Waals surface area contributed by atoms with E-state index in [0.717, 1.165) is 30.0 Å². The van der Waals surface area contributed by atoms with E-state index >= 15 is 0 Å². The maximum Gasteiger partial charge on any atom is 0.337 e. The number of nitrogens with zero attached hydrogens (tertiary/aromatic N) is 1. The van der Waals surface area contributed by atoms with Crippen LogP contribution in [0.2, 0.25) is 0 Å². The Kier molecular flexibility index (Phi) is 1.30. The fourth-order valence-corrected chi connectivity index (χ4v) is 2.41. The van der Waals surface area contributed by atoms with Gasteiger partial charge in [-0.3, -0.25) is 0 Å². The lowest BCUT2D eigenvalue weighted by Crippen LogP contribution is -2.19. The number of ether oxygens (including phenoxy) is 1. The maximum atomic E-state index is 11.3. The molecule has 78 valence electrons. The van der Waals surface area contributed by atoms with Gasteiger partial charge in [0.15, 0.2) is 5.76 Å². The Morgan fingerprint density at radius 3 is 3.19 bits per heavy atom. The summed E-state index contributed by atoms with van der Waals surface area (Å²) >= 11 is 0. The van der Waals surface area contributed by atoms with Crippen molar-refractivity contribution in [2.75, 3.05) is 6.54 Å². The van der Waals surface area contributed by atoms with Crippen LogP contribution in [0.15, 0.2) is 58.7 Å². The van der Waals surface area contributed by atoms with Gasteiger partial charge in [-0.25, -0.2) is 4.79 Å². The number of carbonyl (C=O) groups excluding carboxylic acids is 1. The average Bonchev–Trinajstić information content (AvgIpc) is 2.95. The molecule has 4 aliphatic rings. The average molecular weight is 211 g/mol. The van der Waals surface area contributed by atoms with E-state index < -0.39 is 0 Å². The molecule has 0 radical (unpaired) electrons. The van der Waals surface area contributed by atoms with Gasteiger partial charge in [0, 0.05) is 24.4 Å². The van der Waals surface area contributed by atoms with Crippen LogP contribution in [0.1, 0.15) is 6.42 Å². The summed E-state index contributed by atoms with van der Waals surface area (Å²) in [4.78, 5) is 13.5. The van der Waals surface area contributed by atoms with Crippen molar-refractivity contribution < 1.29 is 9.53 Å². The quantitative estimate of drug-likeness (QED) is 0.572. The molecular weight excluding hydrogens is 202 g/mol. The molecule has 0 bridgehead atoms. The number of rotatable bonds is 0. The van der Waals surface area contributed by atoms with Crippen molar-refractivity contribution in [3.63, 3.8) is 0 Å². The molecule has 0 unspecified atom stereocenters. The Balaban J connectivity index is 1.95. The van der Waals surface area contributed by atoms with Crippen LogP contribution in [-0.4, -0.2) is 17.4 Å². The van der Waals surface area contributed by atoms with E-state index in [1.54, 1.807) is 6.08 Å². The molecule has 0 N–H and O–H groups in total. The zero-order chi connectivity index (χ0) is 10.7. The summed E-state index contributed by atoms with van der Waals surface area (Å²) in [7, 11) is 0. The lowest BCUT2D eigenvalue weighted by Gasteiger charge is -2.23. The molecule has 0 saturated carbocycles. The summed E-state index contributed by atoms with van der Waals surface area (Å²) in [6.07, 6.45) is 10.6. The summed E-state index contributed by atoms with van der Waals surface area (Å²) in [5.74, 6) is 0.481. The number of hydrogen-bond donors (Lipinski definition) is 0. The van der Waals surface area contributed by atoms with Gasteiger partial charge in [0.2, 0.25) is 0 Å². The van der Waals surface area contributed by atoms with E-state index in [1.165, 1.54) is 11.1 Å². The topological polar surface area (TPSA) is 29.5 Å². The second-order valence-corrected chi connectivity index (χ2v) is 4.28. The maximum absolute atomic E-state index is 11.3. The van der Waals surface area contributed by atoms with Crippen LogP contribution in [0.4, 0.5) is 0 Å². The Bertz CT molecular complexity index is 573. The van der Waals surface area contributed by atoms with Crippen LogP contribution in [0.5, 0.6) is 0 Å². The molecule has 16 heavy (non-hydrogen) atoms. The first-order chi connectivity index (χ1) is 7.83. The van der Waals surface area contributed by atoms with Gasteiger partial charge in [0.05, 0.1) is 5.70 Å². The van der Waals surface area contributed by atoms with Crippen LogP contribution in [-0.2, 0) is 9.53 Å². The molecule has 0 amide bonds. The molecule has 3 heterocycles. The molecule has 0 fully saturated rings. The molecule has 0 saturated heterocycles. The molecule has 0 aromatic carbocycles. The van der Waals surface area contributed by atoms with Gasteiger partial charge in [-0.05, 0) is 29.7 Å². The summed E-state index contributed by atoms with van der Waals surface area (Å²) in [6.45, 7) is 0.921. The molecule has 3 aliphatic heterocycles. The molecule has 1 aliphatic carbocycles. The van der Waals surface area contributed by atoms with Crippen molar-refractivity contribution in [3.05, 3.63) is 58.7 Å². The standard InChI is InChI=1S/C13H9NO2/c15-12-6-10-9-5-8(9)7-14-4-2-1-3-11(14)13(10)16-12/h1-4,6H,5,7H2. The van der Waals surface area contributed by atoms with Gasteiger partial charge >= 0.3 is 5.97 Å². The van der Waals surface area contributed by atoms with Gasteiger partial charge in [0.1, 0.15) is 0 Å². The number of carbonyl (C=O) groups is 1. The van der Waals surface area contributed by atoms with Crippen LogP contribution in [0, 0.1) is 0 Å². The molecule has 0 aromatic rings. The third-order valence-electron chi connectivity index (χ3n) is 3.26. The highest BCUT2D eigenvalue weighted by molar-refractivity contribution is 5.91. The van der Waals surface area contributed by atoms with Crippen LogP contribution in [0.3, 0.4) is 0 Å². The zero-order valence-electron chi connectivity index (χ0n) is 8.56. The first-order valence-electron chi connectivity index (χ1n) is 5.34. The second-order valence-electron chi connectivity index (χ2n) is 4.28. The molecule has 0 spiro atoms. The molecule has 3 nitrogen and oxygen atoms in total. The lowest BCUT2D eigenvalue weighted by molar-refractivity contribution is -0.132. The van der Waals surface area contributed by atoms with E-state index in [1.807, 2.05) is 24.4 Å². The highest BCUT2D eigenvalue weighted by Crippen LogP contribution is 2.47. The number of allylic oxidation sites excluding steroid dienone is 4. The van der Waals surface area contributed by atoms with Crippen molar-refractivity contribution in [2.45, 2.75) is 6.42 Å². The Morgan fingerprint density at radius 1 is 1.31 bits per heavy atom. The molecule has 3 heteroatoms. The Hall–Kier alpha value is -2.03. The Morgan fingerprint density at radius 2 is 2.25 bits per heavy atom. The second kappa shape index (κ2) is 2.55. The largest absolute Gasteiger partial charge is 0.420 e. The minimum absolute atomic E-state index is 0.249. The number of fused-ring (bicyclic) bond motifs is 3. The van der Waals surface area contributed by atoms with E-state index in [-0.39, 0.29) is 5.97 Å². The van der Waals surface area contributed by atoms with Crippen molar-refractivity contribution >= 4 is 5.97 Å². The summed E-state index contributed by atoms with van der Waals surface area (Å²) in [5, 5.41) is 0.